The van der Waals surface area contributed by atoms with E-state index in [0.717, 1.165) is 52.0 Å². The Labute approximate surface area is 207 Å². The first kappa shape index (κ1) is 25.1. The van der Waals surface area contributed by atoms with E-state index in [1.807, 2.05) is 73.1 Å². The third-order valence-electron chi connectivity index (χ3n) is 5.65. The fourth-order valence-electron chi connectivity index (χ4n) is 3.99. The number of amides is 2. The number of aryl methyl sites for hydroxylation is 1. The van der Waals surface area contributed by atoms with Crippen LogP contribution in [0.4, 0.5) is 13.6 Å². The Morgan fingerprint density at radius 2 is 1.56 bits per heavy atom. The first-order valence-corrected chi connectivity index (χ1v) is 12.6. The second-order valence-corrected chi connectivity index (χ2v) is 9.77. The number of benzene rings is 3. The van der Waals surface area contributed by atoms with Gasteiger partial charge in [-0.3, -0.25) is 0 Å². The topological polar surface area (TPSA) is 93.1 Å². The molecule has 3 aromatic carbocycles. The Hall–Kier alpha value is -4.05. The molecule has 1 aromatic heterocycles. The normalized spacial score (nSPS) is 11.3. The smallest absolute Gasteiger partial charge is 0.328 e. The van der Waals surface area contributed by atoms with Crippen LogP contribution < -0.4 is 10.0 Å². The zero-order valence-corrected chi connectivity index (χ0v) is 20.4. The summed E-state index contributed by atoms with van der Waals surface area (Å²) in [5.41, 5.74) is 5.89. The lowest BCUT2D eigenvalue weighted by Gasteiger charge is -2.10. The Morgan fingerprint density at radius 1 is 0.917 bits per heavy atom. The molecule has 0 aliphatic carbocycles. The Bertz CT molecular complexity index is 1480. The van der Waals surface area contributed by atoms with E-state index in [0.29, 0.717) is 6.42 Å². The lowest BCUT2D eigenvalue weighted by Crippen LogP contribution is -2.40. The summed E-state index contributed by atoms with van der Waals surface area (Å²) in [6.45, 7) is 4.09. The lowest BCUT2D eigenvalue weighted by atomic mass is 10.0. The summed E-state index contributed by atoms with van der Waals surface area (Å²) < 4.78 is 55.4. The van der Waals surface area contributed by atoms with E-state index in [4.69, 9.17) is 0 Å². The molecule has 0 aliphatic heterocycles. The number of rotatable bonds is 7. The maximum atomic E-state index is 13.8. The number of nitrogens with zero attached hydrogens (tertiary/aromatic N) is 2. The van der Waals surface area contributed by atoms with Gasteiger partial charge in [0.2, 0.25) is 0 Å². The first-order valence-electron chi connectivity index (χ1n) is 11.1. The third-order valence-corrected chi connectivity index (χ3v) is 7.03. The second-order valence-electron chi connectivity index (χ2n) is 8.15. The van der Waals surface area contributed by atoms with Gasteiger partial charge in [-0.05, 0) is 55.7 Å². The second kappa shape index (κ2) is 10.3. The van der Waals surface area contributed by atoms with Crippen molar-refractivity contribution in [2.75, 3.05) is 6.54 Å². The molecule has 4 aromatic rings. The average Bonchev–Trinajstić information content (AvgIpc) is 3.13. The van der Waals surface area contributed by atoms with Gasteiger partial charge in [0.25, 0.3) is 10.0 Å². The highest BCUT2D eigenvalue weighted by Gasteiger charge is 2.25. The standard InChI is InChI=1S/C26H24F2N4O3S/c1-17-24(20-7-4-3-5-8-20)18(2)32(30-17)21-13-11-19(12-14-21)15-16-29-26(33)31-36(34,35)25-22(27)9-6-10-23(25)28/h3-14H,15-16H2,1-2H3,(H2,29,31,33). The molecular weight excluding hydrogens is 486 g/mol. The van der Waals surface area contributed by atoms with E-state index in [1.54, 1.807) is 4.72 Å². The van der Waals surface area contributed by atoms with Gasteiger partial charge in [-0.2, -0.15) is 5.10 Å². The van der Waals surface area contributed by atoms with Crippen molar-refractivity contribution < 1.29 is 22.0 Å². The van der Waals surface area contributed by atoms with Gasteiger partial charge in [-0.1, -0.05) is 48.5 Å². The van der Waals surface area contributed by atoms with Gasteiger partial charge in [0.05, 0.1) is 11.4 Å². The van der Waals surface area contributed by atoms with Crippen LogP contribution in [-0.4, -0.2) is 30.8 Å². The van der Waals surface area contributed by atoms with E-state index in [2.05, 4.69) is 10.4 Å². The molecule has 0 saturated carbocycles. The van der Waals surface area contributed by atoms with Gasteiger partial charge in [0.1, 0.15) is 11.6 Å². The predicted molar refractivity (Wildman–Crippen MR) is 132 cm³/mol. The quantitative estimate of drug-likeness (QED) is 0.378. The molecule has 7 nitrogen and oxygen atoms in total. The van der Waals surface area contributed by atoms with Crippen LogP contribution in [-0.2, 0) is 16.4 Å². The van der Waals surface area contributed by atoms with Crippen molar-refractivity contribution in [3.8, 4) is 16.8 Å². The maximum Gasteiger partial charge on any atom is 0.328 e. The van der Waals surface area contributed by atoms with Crippen molar-refractivity contribution in [3.63, 3.8) is 0 Å². The molecular formula is C26H24F2N4O3S. The molecule has 0 atom stereocenters. The molecule has 4 rings (SSSR count). The van der Waals surface area contributed by atoms with E-state index < -0.39 is 32.6 Å². The van der Waals surface area contributed by atoms with E-state index in [-0.39, 0.29) is 6.54 Å². The van der Waals surface area contributed by atoms with Crippen molar-refractivity contribution in [1.29, 1.82) is 0 Å². The highest BCUT2D eigenvalue weighted by molar-refractivity contribution is 7.90. The summed E-state index contributed by atoms with van der Waals surface area (Å²) in [6, 6.07) is 19.2. The molecule has 0 saturated heterocycles. The predicted octanol–water partition coefficient (Wildman–Crippen LogP) is 4.66. The molecule has 0 aliphatic rings. The summed E-state index contributed by atoms with van der Waals surface area (Å²) in [5.74, 6) is -2.57. The Balaban J connectivity index is 1.37. The van der Waals surface area contributed by atoms with E-state index in [1.165, 1.54) is 0 Å². The number of hydrogen-bond donors (Lipinski definition) is 2. The van der Waals surface area contributed by atoms with Gasteiger partial charge >= 0.3 is 6.03 Å². The average molecular weight is 511 g/mol. The monoisotopic (exact) mass is 510 g/mol. The molecule has 2 amide bonds. The largest absolute Gasteiger partial charge is 0.337 e. The molecule has 2 N–H and O–H groups in total. The molecule has 0 radical (unpaired) electrons. The van der Waals surface area contributed by atoms with Crippen molar-refractivity contribution in [1.82, 2.24) is 19.8 Å². The van der Waals surface area contributed by atoms with Crippen molar-refractivity contribution in [3.05, 3.63) is 101 Å². The Kier molecular flexibility index (Phi) is 7.16. The molecule has 10 heteroatoms. The third kappa shape index (κ3) is 5.28. The van der Waals surface area contributed by atoms with Crippen LogP contribution in [0.15, 0.2) is 77.7 Å². The summed E-state index contributed by atoms with van der Waals surface area (Å²) in [6.07, 6.45) is 0.411. The number of sulfonamides is 1. The van der Waals surface area contributed by atoms with Gasteiger partial charge in [0.15, 0.2) is 4.90 Å². The summed E-state index contributed by atoms with van der Waals surface area (Å²) in [7, 11) is -4.70. The summed E-state index contributed by atoms with van der Waals surface area (Å²) in [4.78, 5) is 10.8. The van der Waals surface area contributed by atoms with Crippen molar-refractivity contribution >= 4 is 16.1 Å². The lowest BCUT2D eigenvalue weighted by molar-refractivity contribution is 0.246. The SMILES string of the molecule is Cc1nn(-c2ccc(CCNC(=O)NS(=O)(=O)c3c(F)cccc3F)cc2)c(C)c1-c1ccccc1. The number of hydrogen-bond acceptors (Lipinski definition) is 4. The number of carbonyl (C=O) groups is 1. The zero-order valence-electron chi connectivity index (χ0n) is 19.6. The van der Waals surface area contributed by atoms with Gasteiger partial charge in [-0.15, -0.1) is 0 Å². The fourth-order valence-corrected chi connectivity index (χ4v) is 5.06. The maximum absolute atomic E-state index is 13.8. The van der Waals surface area contributed by atoms with Crippen LogP contribution in [0.25, 0.3) is 16.8 Å². The van der Waals surface area contributed by atoms with E-state index in [9.17, 15) is 22.0 Å². The van der Waals surface area contributed by atoms with Gasteiger partial charge in [-0.25, -0.2) is 31.4 Å². The van der Waals surface area contributed by atoms with Crippen LogP contribution in [0, 0.1) is 25.5 Å². The molecule has 186 valence electrons. The van der Waals surface area contributed by atoms with Crippen LogP contribution in [0.5, 0.6) is 0 Å². The molecule has 1 heterocycles. The van der Waals surface area contributed by atoms with Gasteiger partial charge in [0, 0.05) is 17.8 Å². The number of urea groups is 1. The number of carbonyl (C=O) groups excluding carboxylic acids is 1. The van der Waals surface area contributed by atoms with E-state index >= 15 is 0 Å². The van der Waals surface area contributed by atoms with Crippen LogP contribution in [0.3, 0.4) is 0 Å². The summed E-state index contributed by atoms with van der Waals surface area (Å²) >= 11 is 0. The van der Waals surface area contributed by atoms with Crippen LogP contribution in [0.2, 0.25) is 0 Å². The summed E-state index contributed by atoms with van der Waals surface area (Å²) in [5, 5.41) is 7.07. The molecule has 0 spiro atoms. The van der Waals surface area contributed by atoms with Crippen LogP contribution >= 0.6 is 0 Å². The van der Waals surface area contributed by atoms with Crippen molar-refractivity contribution in [2.24, 2.45) is 0 Å². The minimum Gasteiger partial charge on any atom is -0.337 e. The molecule has 36 heavy (non-hydrogen) atoms. The molecule has 0 unspecified atom stereocenters. The minimum absolute atomic E-state index is 0.110. The Morgan fingerprint density at radius 3 is 2.19 bits per heavy atom. The van der Waals surface area contributed by atoms with Gasteiger partial charge < -0.3 is 5.32 Å². The number of halogens is 2. The zero-order chi connectivity index (χ0) is 25.9. The highest BCUT2D eigenvalue weighted by atomic mass is 32.2. The van der Waals surface area contributed by atoms with Crippen LogP contribution in [0.1, 0.15) is 17.0 Å². The first-order chi connectivity index (χ1) is 17.2. The minimum atomic E-state index is -4.70. The fraction of sp³-hybridized carbons (Fsp3) is 0.154. The van der Waals surface area contributed by atoms with Crippen molar-refractivity contribution in [2.45, 2.75) is 25.2 Å². The highest BCUT2D eigenvalue weighted by Crippen LogP contribution is 2.28. The molecule has 0 fully saturated rings. The molecule has 0 bridgehead atoms. The number of nitrogens with one attached hydrogen (secondary N) is 2. The number of aromatic nitrogens is 2.